The van der Waals surface area contributed by atoms with E-state index in [1.165, 1.54) is 0 Å². The summed E-state index contributed by atoms with van der Waals surface area (Å²) in [7, 11) is 1.77. The first kappa shape index (κ1) is 14.1. The van der Waals surface area contributed by atoms with Crippen LogP contribution in [0.5, 0.6) is 0 Å². The number of anilines is 2. The maximum absolute atomic E-state index is 12.3. The Morgan fingerprint density at radius 2 is 1.65 bits per heavy atom. The Hall–Kier alpha value is -2.33. The standard InChI is InChI=1S/C16H18N2O2/c1-11(19)12-7-3-6-10-15(12)18-16(20)13-8-4-5-9-14(13)17-2/h3-11,17,19H,1-2H3,(H,18,20). The van der Waals surface area contributed by atoms with Gasteiger partial charge in [-0.25, -0.2) is 0 Å². The van der Waals surface area contributed by atoms with Crippen LogP contribution in [0.3, 0.4) is 0 Å². The fourth-order valence-corrected chi connectivity index (χ4v) is 2.06. The molecule has 0 bridgehead atoms. The van der Waals surface area contributed by atoms with Crippen LogP contribution in [0.1, 0.15) is 28.9 Å². The third-order valence-corrected chi connectivity index (χ3v) is 3.10. The van der Waals surface area contributed by atoms with E-state index in [1.807, 2.05) is 30.3 Å². The lowest BCUT2D eigenvalue weighted by atomic mass is 10.1. The molecule has 0 heterocycles. The Morgan fingerprint density at radius 3 is 2.30 bits per heavy atom. The summed E-state index contributed by atoms with van der Waals surface area (Å²) < 4.78 is 0. The van der Waals surface area contributed by atoms with Crippen LogP contribution in [0.25, 0.3) is 0 Å². The second-order valence-electron chi connectivity index (χ2n) is 4.51. The molecule has 2 rings (SSSR count). The quantitative estimate of drug-likeness (QED) is 0.800. The molecule has 0 aliphatic rings. The lowest BCUT2D eigenvalue weighted by Crippen LogP contribution is -2.15. The molecule has 1 unspecified atom stereocenters. The van der Waals surface area contributed by atoms with Crippen LogP contribution in [0, 0.1) is 0 Å². The van der Waals surface area contributed by atoms with E-state index < -0.39 is 6.10 Å². The number of aliphatic hydroxyl groups excluding tert-OH is 1. The zero-order valence-electron chi connectivity index (χ0n) is 11.6. The molecule has 4 heteroatoms. The predicted molar refractivity (Wildman–Crippen MR) is 81.0 cm³/mol. The molecule has 0 aromatic heterocycles. The van der Waals surface area contributed by atoms with E-state index in [0.717, 1.165) is 5.69 Å². The minimum Gasteiger partial charge on any atom is -0.389 e. The minimum atomic E-state index is -0.633. The van der Waals surface area contributed by atoms with Gasteiger partial charge in [0, 0.05) is 24.0 Å². The molecule has 2 aromatic carbocycles. The molecule has 0 saturated carbocycles. The van der Waals surface area contributed by atoms with Gasteiger partial charge in [0.2, 0.25) is 0 Å². The topological polar surface area (TPSA) is 61.4 Å². The SMILES string of the molecule is CNc1ccccc1C(=O)Nc1ccccc1C(C)O. The second kappa shape index (κ2) is 6.21. The maximum atomic E-state index is 12.3. The van der Waals surface area contributed by atoms with E-state index in [2.05, 4.69) is 10.6 Å². The summed E-state index contributed by atoms with van der Waals surface area (Å²) in [4.78, 5) is 12.3. The second-order valence-corrected chi connectivity index (χ2v) is 4.51. The van der Waals surface area contributed by atoms with Gasteiger partial charge in [-0.1, -0.05) is 30.3 Å². The van der Waals surface area contributed by atoms with Crippen molar-refractivity contribution < 1.29 is 9.90 Å². The van der Waals surface area contributed by atoms with Gasteiger partial charge < -0.3 is 15.7 Å². The third-order valence-electron chi connectivity index (χ3n) is 3.10. The van der Waals surface area contributed by atoms with E-state index in [4.69, 9.17) is 0 Å². The Balaban J connectivity index is 2.28. The van der Waals surface area contributed by atoms with E-state index in [1.54, 1.807) is 32.2 Å². The summed E-state index contributed by atoms with van der Waals surface area (Å²) in [5.41, 5.74) is 2.65. The Labute approximate surface area is 118 Å². The van der Waals surface area contributed by atoms with Gasteiger partial charge >= 0.3 is 0 Å². The maximum Gasteiger partial charge on any atom is 0.257 e. The summed E-state index contributed by atoms with van der Waals surface area (Å²) in [6, 6.07) is 14.5. The number of benzene rings is 2. The van der Waals surface area contributed by atoms with Crippen LogP contribution in [-0.2, 0) is 0 Å². The van der Waals surface area contributed by atoms with Gasteiger partial charge in [-0.15, -0.1) is 0 Å². The number of rotatable bonds is 4. The van der Waals surface area contributed by atoms with Crippen molar-refractivity contribution in [1.82, 2.24) is 0 Å². The summed E-state index contributed by atoms with van der Waals surface area (Å²) in [6.45, 7) is 1.67. The van der Waals surface area contributed by atoms with Gasteiger partial charge in [0.1, 0.15) is 0 Å². The molecule has 0 aliphatic carbocycles. The number of hydrogen-bond donors (Lipinski definition) is 3. The first-order valence-electron chi connectivity index (χ1n) is 6.48. The number of amides is 1. The Bertz CT molecular complexity index is 609. The molecule has 2 aromatic rings. The molecular formula is C16H18N2O2. The van der Waals surface area contributed by atoms with Crippen LogP contribution in [0.2, 0.25) is 0 Å². The number of nitrogens with one attached hydrogen (secondary N) is 2. The molecule has 0 fully saturated rings. The van der Waals surface area contributed by atoms with Gasteiger partial charge in [-0.3, -0.25) is 4.79 Å². The molecule has 1 atom stereocenters. The zero-order valence-corrected chi connectivity index (χ0v) is 11.6. The Morgan fingerprint density at radius 1 is 1.05 bits per heavy atom. The fraction of sp³-hybridized carbons (Fsp3) is 0.188. The van der Waals surface area contributed by atoms with Crippen molar-refractivity contribution in [2.75, 3.05) is 17.7 Å². The first-order valence-corrected chi connectivity index (χ1v) is 6.48. The van der Waals surface area contributed by atoms with Crippen LogP contribution in [0.15, 0.2) is 48.5 Å². The molecule has 0 aliphatic heterocycles. The fourth-order valence-electron chi connectivity index (χ4n) is 2.06. The molecule has 1 amide bonds. The van der Waals surface area contributed by atoms with Crippen molar-refractivity contribution in [2.45, 2.75) is 13.0 Å². The van der Waals surface area contributed by atoms with Crippen molar-refractivity contribution in [3.05, 3.63) is 59.7 Å². The average molecular weight is 270 g/mol. The molecule has 3 N–H and O–H groups in total. The highest BCUT2D eigenvalue weighted by Crippen LogP contribution is 2.24. The van der Waals surface area contributed by atoms with Crippen molar-refractivity contribution in [3.63, 3.8) is 0 Å². The first-order chi connectivity index (χ1) is 9.63. The normalized spacial score (nSPS) is 11.8. The van der Waals surface area contributed by atoms with Gasteiger partial charge in [-0.2, -0.15) is 0 Å². The Kier molecular flexibility index (Phi) is 4.38. The van der Waals surface area contributed by atoms with Crippen LogP contribution in [-0.4, -0.2) is 18.1 Å². The molecule has 20 heavy (non-hydrogen) atoms. The zero-order chi connectivity index (χ0) is 14.5. The highest BCUT2D eigenvalue weighted by atomic mass is 16.3. The van der Waals surface area contributed by atoms with Gasteiger partial charge in [-0.05, 0) is 25.1 Å². The average Bonchev–Trinajstić information content (AvgIpc) is 2.47. The van der Waals surface area contributed by atoms with Crippen LogP contribution >= 0.6 is 0 Å². The highest BCUT2D eigenvalue weighted by molar-refractivity contribution is 6.08. The van der Waals surface area contributed by atoms with Gasteiger partial charge in [0.25, 0.3) is 5.91 Å². The highest BCUT2D eigenvalue weighted by Gasteiger charge is 2.13. The summed E-state index contributed by atoms with van der Waals surface area (Å²) in [5, 5.41) is 15.6. The van der Waals surface area contributed by atoms with E-state index in [0.29, 0.717) is 16.8 Å². The monoisotopic (exact) mass is 270 g/mol. The van der Waals surface area contributed by atoms with E-state index in [9.17, 15) is 9.90 Å². The smallest absolute Gasteiger partial charge is 0.257 e. The number of carbonyl (C=O) groups is 1. The predicted octanol–water partition coefficient (Wildman–Crippen LogP) is 3.03. The molecule has 104 valence electrons. The molecule has 0 saturated heterocycles. The number of hydrogen-bond acceptors (Lipinski definition) is 3. The lowest BCUT2D eigenvalue weighted by Gasteiger charge is -2.14. The van der Waals surface area contributed by atoms with Gasteiger partial charge in [0.05, 0.1) is 11.7 Å². The number of carbonyl (C=O) groups excluding carboxylic acids is 1. The van der Waals surface area contributed by atoms with E-state index >= 15 is 0 Å². The molecule has 0 radical (unpaired) electrons. The van der Waals surface area contributed by atoms with Crippen molar-refractivity contribution >= 4 is 17.3 Å². The number of aliphatic hydroxyl groups is 1. The van der Waals surface area contributed by atoms with Crippen molar-refractivity contribution in [1.29, 1.82) is 0 Å². The summed E-state index contributed by atoms with van der Waals surface area (Å²) in [6.07, 6.45) is -0.633. The van der Waals surface area contributed by atoms with Crippen LogP contribution in [0.4, 0.5) is 11.4 Å². The lowest BCUT2D eigenvalue weighted by molar-refractivity contribution is 0.102. The van der Waals surface area contributed by atoms with E-state index in [-0.39, 0.29) is 5.91 Å². The third kappa shape index (κ3) is 2.97. The molecule has 4 nitrogen and oxygen atoms in total. The summed E-state index contributed by atoms with van der Waals surface area (Å²) in [5.74, 6) is -0.206. The van der Waals surface area contributed by atoms with Crippen molar-refractivity contribution in [2.24, 2.45) is 0 Å². The van der Waals surface area contributed by atoms with Crippen LogP contribution < -0.4 is 10.6 Å². The minimum absolute atomic E-state index is 0.206. The van der Waals surface area contributed by atoms with Crippen molar-refractivity contribution in [3.8, 4) is 0 Å². The largest absolute Gasteiger partial charge is 0.389 e. The molecule has 0 spiro atoms. The molecular weight excluding hydrogens is 252 g/mol. The number of para-hydroxylation sites is 2. The summed E-state index contributed by atoms with van der Waals surface area (Å²) >= 11 is 0. The van der Waals surface area contributed by atoms with Gasteiger partial charge in [0.15, 0.2) is 0 Å².